The van der Waals surface area contributed by atoms with Gasteiger partial charge in [0.05, 0.1) is 5.60 Å². The van der Waals surface area contributed by atoms with Crippen molar-refractivity contribution in [3.63, 3.8) is 0 Å². The third-order valence-electron chi connectivity index (χ3n) is 5.30. The number of fused-ring (bicyclic) bond motifs is 1. The molecule has 2 aliphatic heterocycles. The highest BCUT2D eigenvalue weighted by Gasteiger charge is 2.42. The van der Waals surface area contributed by atoms with Gasteiger partial charge in [0.25, 0.3) is 0 Å². The van der Waals surface area contributed by atoms with E-state index in [0.29, 0.717) is 5.92 Å². The Morgan fingerprint density at radius 3 is 3.00 bits per heavy atom. The van der Waals surface area contributed by atoms with Gasteiger partial charge in [0, 0.05) is 18.8 Å². The van der Waals surface area contributed by atoms with Crippen LogP contribution in [-0.4, -0.2) is 18.8 Å². The summed E-state index contributed by atoms with van der Waals surface area (Å²) in [5.74, 6) is 0.711. The topological polar surface area (TPSA) is 21.3 Å². The first-order chi connectivity index (χ1) is 9.35. The van der Waals surface area contributed by atoms with Crippen molar-refractivity contribution in [1.82, 2.24) is 0 Å². The summed E-state index contributed by atoms with van der Waals surface area (Å²) >= 11 is 0. The Morgan fingerprint density at radius 1 is 1.21 bits per heavy atom. The smallest absolute Gasteiger partial charge is 0.0688 e. The third-order valence-corrected chi connectivity index (χ3v) is 5.30. The minimum Gasteiger partial charge on any atom is -0.385 e. The third kappa shape index (κ3) is 2.06. The van der Waals surface area contributed by atoms with E-state index in [1.54, 1.807) is 0 Å². The van der Waals surface area contributed by atoms with Crippen molar-refractivity contribution in [1.29, 1.82) is 0 Å². The van der Waals surface area contributed by atoms with Gasteiger partial charge in [-0.3, -0.25) is 0 Å². The molecule has 1 aromatic carbocycles. The number of ether oxygens (including phenoxy) is 1. The van der Waals surface area contributed by atoms with E-state index in [1.165, 1.54) is 61.8 Å². The van der Waals surface area contributed by atoms with Gasteiger partial charge in [-0.1, -0.05) is 12.1 Å². The van der Waals surface area contributed by atoms with Crippen molar-refractivity contribution in [3.05, 3.63) is 29.3 Å². The van der Waals surface area contributed by atoms with E-state index in [4.69, 9.17) is 4.74 Å². The summed E-state index contributed by atoms with van der Waals surface area (Å²) in [6, 6.07) is 7.13. The monoisotopic (exact) mass is 257 g/mol. The van der Waals surface area contributed by atoms with Crippen molar-refractivity contribution < 1.29 is 4.74 Å². The first-order valence-corrected chi connectivity index (χ1v) is 7.85. The molecule has 1 atom stereocenters. The summed E-state index contributed by atoms with van der Waals surface area (Å²) in [5.41, 5.74) is 4.67. The van der Waals surface area contributed by atoms with Gasteiger partial charge in [0.15, 0.2) is 0 Å². The Hall–Kier alpha value is -1.02. The molecular formula is C17H23NO. The number of anilines is 1. The fourth-order valence-corrected chi connectivity index (χ4v) is 3.96. The van der Waals surface area contributed by atoms with Crippen LogP contribution in [0.4, 0.5) is 5.69 Å². The number of hydrogen-bond acceptors (Lipinski definition) is 2. The molecule has 1 aromatic rings. The van der Waals surface area contributed by atoms with Gasteiger partial charge in [0.1, 0.15) is 0 Å². The zero-order valence-corrected chi connectivity index (χ0v) is 11.6. The van der Waals surface area contributed by atoms with Gasteiger partial charge in [-0.15, -0.1) is 0 Å². The lowest BCUT2D eigenvalue weighted by molar-refractivity contribution is -0.133. The van der Waals surface area contributed by atoms with E-state index in [1.807, 2.05) is 0 Å². The number of hydrogen-bond donors (Lipinski definition) is 1. The summed E-state index contributed by atoms with van der Waals surface area (Å²) in [4.78, 5) is 0. The van der Waals surface area contributed by atoms with E-state index in [0.717, 1.165) is 13.2 Å². The highest BCUT2D eigenvalue weighted by atomic mass is 16.5. The lowest BCUT2D eigenvalue weighted by Crippen LogP contribution is -2.44. The van der Waals surface area contributed by atoms with Crippen LogP contribution in [0.1, 0.15) is 55.6 Å². The fourth-order valence-electron chi connectivity index (χ4n) is 3.96. The molecule has 1 N–H and O–H groups in total. The summed E-state index contributed by atoms with van der Waals surface area (Å²) in [7, 11) is 0. The van der Waals surface area contributed by atoms with Crippen molar-refractivity contribution >= 4 is 5.69 Å². The molecule has 0 aromatic heterocycles. The normalized spacial score (nSPS) is 28.3. The lowest BCUT2D eigenvalue weighted by Gasteiger charge is -2.47. The molecule has 1 aliphatic carbocycles. The molecule has 0 amide bonds. The molecule has 19 heavy (non-hydrogen) atoms. The maximum absolute atomic E-state index is 6.05. The minimum absolute atomic E-state index is 0.256. The molecule has 0 bridgehead atoms. The van der Waals surface area contributed by atoms with Gasteiger partial charge >= 0.3 is 0 Å². The molecule has 1 saturated heterocycles. The number of nitrogens with one attached hydrogen (secondary N) is 1. The average Bonchev–Trinajstić information content (AvgIpc) is 2.45. The molecule has 1 unspecified atom stereocenters. The molecule has 102 valence electrons. The highest BCUT2D eigenvalue weighted by Crippen LogP contribution is 2.47. The van der Waals surface area contributed by atoms with Crippen LogP contribution in [0.25, 0.3) is 0 Å². The number of benzene rings is 1. The lowest BCUT2D eigenvalue weighted by atomic mass is 9.70. The van der Waals surface area contributed by atoms with Crippen LogP contribution in [0.15, 0.2) is 18.2 Å². The second-order valence-electron chi connectivity index (χ2n) is 6.52. The number of rotatable bonds is 1. The van der Waals surface area contributed by atoms with Gasteiger partial charge < -0.3 is 10.1 Å². The Bertz CT molecular complexity index is 478. The summed E-state index contributed by atoms with van der Waals surface area (Å²) in [5, 5.41) is 3.56. The highest BCUT2D eigenvalue weighted by molar-refractivity contribution is 5.55. The van der Waals surface area contributed by atoms with Crippen molar-refractivity contribution in [2.45, 2.75) is 56.5 Å². The zero-order valence-electron chi connectivity index (χ0n) is 11.6. The molecule has 0 radical (unpaired) electrons. The number of aryl methyl sites for hydroxylation is 1. The summed E-state index contributed by atoms with van der Waals surface area (Å²) in [6.07, 6.45) is 8.87. The van der Waals surface area contributed by atoms with Crippen LogP contribution in [0.2, 0.25) is 0 Å². The second kappa shape index (κ2) is 4.52. The largest absolute Gasteiger partial charge is 0.385 e. The van der Waals surface area contributed by atoms with Gasteiger partial charge in [0.2, 0.25) is 0 Å². The van der Waals surface area contributed by atoms with Gasteiger partial charge in [-0.2, -0.15) is 0 Å². The first kappa shape index (κ1) is 11.8. The fraction of sp³-hybridized carbons (Fsp3) is 0.647. The van der Waals surface area contributed by atoms with Crippen LogP contribution in [0.5, 0.6) is 0 Å². The SMILES string of the molecule is c1cc2c(cc1C1CCOC3(CCC3)C1)NCCC2. The minimum atomic E-state index is 0.256. The quantitative estimate of drug-likeness (QED) is 0.825. The van der Waals surface area contributed by atoms with Crippen LogP contribution in [0, 0.1) is 0 Å². The van der Waals surface area contributed by atoms with Gasteiger partial charge in [-0.25, -0.2) is 0 Å². The Labute approximate surface area is 115 Å². The van der Waals surface area contributed by atoms with Crippen LogP contribution < -0.4 is 5.32 Å². The van der Waals surface area contributed by atoms with E-state index in [2.05, 4.69) is 23.5 Å². The molecule has 2 heteroatoms. The van der Waals surface area contributed by atoms with Gasteiger partial charge in [-0.05, 0) is 68.1 Å². The van der Waals surface area contributed by atoms with Crippen LogP contribution >= 0.6 is 0 Å². The molecule has 2 fully saturated rings. The van der Waals surface area contributed by atoms with Crippen LogP contribution in [0.3, 0.4) is 0 Å². The summed E-state index contributed by atoms with van der Waals surface area (Å²) < 4.78 is 6.05. The molecule has 1 spiro atoms. The van der Waals surface area contributed by atoms with Crippen molar-refractivity contribution in [2.75, 3.05) is 18.5 Å². The Morgan fingerprint density at radius 2 is 2.16 bits per heavy atom. The second-order valence-corrected chi connectivity index (χ2v) is 6.52. The summed E-state index contributed by atoms with van der Waals surface area (Å²) in [6.45, 7) is 2.09. The Balaban J connectivity index is 1.58. The molecule has 1 saturated carbocycles. The van der Waals surface area contributed by atoms with E-state index in [9.17, 15) is 0 Å². The molecule has 3 aliphatic rings. The standard InChI is InChI=1S/C17H23NO/c1-3-13-4-5-14(11-16(13)18-9-1)15-6-10-19-17(12-15)7-2-8-17/h4-5,11,15,18H,1-3,6-10,12H2. The first-order valence-electron chi connectivity index (χ1n) is 7.85. The van der Waals surface area contributed by atoms with E-state index >= 15 is 0 Å². The molecule has 4 rings (SSSR count). The maximum Gasteiger partial charge on any atom is 0.0688 e. The van der Waals surface area contributed by atoms with Crippen molar-refractivity contribution in [2.24, 2.45) is 0 Å². The Kier molecular flexibility index (Phi) is 2.80. The van der Waals surface area contributed by atoms with Crippen molar-refractivity contribution in [3.8, 4) is 0 Å². The zero-order chi connectivity index (χ0) is 12.7. The molecule has 2 nitrogen and oxygen atoms in total. The average molecular weight is 257 g/mol. The molecule has 2 heterocycles. The predicted molar refractivity (Wildman–Crippen MR) is 77.8 cm³/mol. The van der Waals surface area contributed by atoms with Crippen LogP contribution in [-0.2, 0) is 11.2 Å². The predicted octanol–water partition coefficient (Wildman–Crippen LogP) is 3.86. The maximum atomic E-state index is 6.05. The van der Waals surface area contributed by atoms with E-state index < -0.39 is 0 Å². The van der Waals surface area contributed by atoms with E-state index in [-0.39, 0.29) is 5.60 Å². The molecular weight excluding hydrogens is 234 g/mol.